The number of aryl methyl sites for hydroxylation is 2. The van der Waals surface area contributed by atoms with Crippen LogP contribution in [0.5, 0.6) is 0 Å². The number of benzene rings is 1. The van der Waals surface area contributed by atoms with Gasteiger partial charge in [0.25, 0.3) is 5.91 Å². The summed E-state index contributed by atoms with van der Waals surface area (Å²) in [6, 6.07) is 6.09. The third-order valence-electron chi connectivity index (χ3n) is 4.18. The molecule has 0 aliphatic carbocycles. The lowest BCUT2D eigenvalue weighted by Gasteiger charge is -2.20. The van der Waals surface area contributed by atoms with E-state index in [1.807, 2.05) is 32.9 Å². The molecule has 3 rings (SSSR count). The highest BCUT2D eigenvalue weighted by Crippen LogP contribution is 2.26. The first-order valence-electron chi connectivity index (χ1n) is 7.27. The summed E-state index contributed by atoms with van der Waals surface area (Å²) in [7, 11) is 0. The zero-order chi connectivity index (χ0) is 15.0. The molecular weight excluding hydrogens is 264 g/mol. The molecule has 2 aromatic rings. The van der Waals surface area contributed by atoms with Crippen molar-refractivity contribution in [3.8, 4) is 0 Å². The molecule has 21 heavy (non-hydrogen) atoms. The fourth-order valence-electron chi connectivity index (χ4n) is 2.94. The zero-order valence-corrected chi connectivity index (χ0v) is 12.7. The monoisotopic (exact) mass is 284 g/mol. The van der Waals surface area contributed by atoms with Gasteiger partial charge in [-0.2, -0.15) is 0 Å². The Morgan fingerprint density at radius 2 is 2.05 bits per heavy atom. The molecule has 110 valence electrons. The van der Waals surface area contributed by atoms with E-state index in [0.29, 0.717) is 11.3 Å². The summed E-state index contributed by atoms with van der Waals surface area (Å²) in [4.78, 5) is 12.6. The third-order valence-corrected chi connectivity index (χ3v) is 4.18. The van der Waals surface area contributed by atoms with Crippen LogP contribution in [0.4, 0.5) is 5.69 Å². The van der Waals surface area contributed by atoms with Gasteiger partial charge in [0.05, 0.1) is 5.56 Å². The molecule has 1 aliphatic rings. The van der Waals surface area contributed by atoms with E-state index < -0.39 is 0 Å². The van der Waals surface area contributed by atoms with E-state index in [1.165, 1.54) is 11.1 Å². The summed E-state index contributed by atoms with van der Waals surface area (Å²) in [5.74, 6) is 1.38. The Hall–Kier alpha value is -2.07. The number of hydrogen-bond acceptors (Lipinski definition) is 3. The summed E-state index contributed by atoms with van der Waals surface area (Å²) in [6.07, 6.45) is 1.00. The van der Waals surface area contributed by atoms with Gasteiger partial charge in [-0.05, 0) is 50.9 Å². The first kappa shape index (κ1) is 13.9. The summed E-state index contributed by atoms with van der Waals surface area (Å²) in [5, 5.41) is 6.39. The highest BCUT2D eigenvalue weighted by atomic mass is 16.3. The molecule has 2 heterocycles. The van der Waals surface area contributed by atoms with Crippen molar-refractivity contribution in [1.29, 1.82) is 0 Å². The Bertz CT molecular complexity index is 701. The fourth-order valence-corrected chi connectivity index (χ4v) is 2.94. The summed E-state index contributed by atoms with van der Waals surface area (Å²) >= 11 is 0. The lowest BCUT2D eigenvalue weighted by atomic mass is 9.99. The molecule has 0 atom stereocenters. The van der Waals surface area contributed by atoms with Gasteiger partial charge in [-0.15, -0.1) is 0 Å². The summed E-state index contributed by atoms with van der Waals surface area (Å²) in [6.45, 7) is 7.42. The van der Waals surface area contributed by atoms with Crippen molar-refractivity contribution in [3.05, 3.63) is 52.0 Å². The molecule has 0 saturated heterocycles. The van der Waals surface area contributed by atoms with Crippen LogP contribution in [-0.4, -0.2) is 12.5 Å². The molecule has 0 bridgehead atoms. The molecule has 1 aliphatic heterocycles. The quantitative estimate of drug-likeness (QED) is 0.891. The lowest BCUT2D eigenvalue weighted by Crippen LogP contribution is -2.25. The molecule has 0 saturated carbocycles. The van der Waals surface area contributed by atoms with E-state index in [0.717, 1.165) is 36.5 Å². The Balaban J connectivity index is 1.92. The van der Waals surface area contributed by atoms with E-state index in [4.69, 9.17) is 4.42 Å². The van der Waals surface area contributed by atoms with Crippen LogP contribution >= 0.6 is 0 Å². The van der Waals surface area contributed by atoms with Crippen molar-refractivity contribution in [3.63, 3.8) is 0 Å². The van der Waals surface area contributed by atoms with Crippen molar-refractivity contribution in [2.24, 2.45) is 0 Å². The van der Waals surface area contributed by atoms with Gasteiger partial charge in [0.1, 0.15) is 11.5 Å². The van der Waals surface area contributed by atoms with Gasteiger partial charge in [0.2, 0.25) is 0 Å². The average molecular weight is 284 g/mol. The van der Waals surface area contributed by atoms with Crippen molar-refractivity contribution in [2.45, 2.75) is 33.7 Å². The second-order valence-electron chi connectivity index (χ2n) is 5.54. The molecule has 0 unspecified atom stereocenters. The molecule has 0 fully saturated rings. The molecule has 1 amide bonds. The van der Waals surface area contributed by atoms with Crippen LogP contribution in [0.25, 0.3) is 0 Å². The maximum absolute atomic E-state index is 12.6. The van der Waals surface area contributed by atoms with Crippen molar-refractivity contribution >= 4 is 11.6 Å². The number of amides is 1. The molecule has 1 aromatic heterocycles. The second-order valence-corrected chi connectivity index (χ2v) is 5.54. The van der Waals surface area contributed by atoms with E-state index >= 15 is 0 Å². The summed E-state index contributed by atoms with van der Waals surface area (Å²) in [5.41, 5.74) is 4.94. The first-order valence-corrected chi connectivity index (χ1v) is 7.27. The number of furan rings is 1. The largest absolute Gasteiger partial charge is 0.466 e. The molecule has 0 radical (unpaired) electrons. The van der Waals surface area contributed by atoms with Crippen molar-refractivity contribution < 1.29 is 9.21 Å². The van der Waals surface area contributed by atoms with E-state index in [2.05, 4.69) is 16.7 Å². The topological polar surface area (TPSA) is 54.3 Å². The number of rotatable bonds is 2. The van der Waals surface area contributed by atoms with Gasteiger partial charge in [-0.25, -0.2) is 0 Å². The van der Waals surface area contributed by atoms with Crippen LogP contribution < -0.4 is 10.6 Å². The Morgan fingerprint density at radius 3 is 2.76 bits per heavy atom. The Labute approximate surface area is 124 Å². The molecule has 1 aromatic carbocycles. The standard InChI is InChI=1S/C17H20N2O2/c1-10-11(2)21-12(3)16(10)17(20)19-15-6-4-5-13-7-8-18-9-14(13)15/h4-6,18H,7-9H2,1-3H3,(H,19,20). The molecule has 4 heteroatoms. The number of carbonyl (C=O) groups is 1. The number of hydrogen-bond donors (Lipinski definition) is 2. The van der Waals surface area contributed by atoms with Gasteiger partial charge in [-0.3, -0.25) is 4.79 Å². The van der Waals surface area contributed by atoms with Gasteiger partial charge in [-0.1, -0.05) is 12.1 Å². The SMILES string of the molecule is Cc1oc(C)c(C(=O)Nc2cccc3c2CNCC3)c1C. The van der Waals surface area contributed by atoms with Gasteiger partial charge < -0.3 is 15.1 Å². The Morgan fingerprint density at radius 1 is 1.24 bits per heavy atom. The minimum absolute atomic E-state index is 0.0965. The number of carbonyl (C=O) groups excluding carboxylic acids is 1. The predicted octanol–water partition coefficient (Wildman–Crippen LogP) is 3.10. The van der Waals surface area contributed by atoms with Gasteiger partial charge in [0.15, 0.2) is 0 Å². The number of fused-ring (bicyclic) bond motifs is 1. The van der Waals surface area contributed by atoms with Crippen LogP contribution in [0, 0.1) is 20.8 Å². The third kappa shape index (κ3) is 2.47. The van der Waals surface area contributed by atoms with Crippen LogP contribution in [0.1, 0.15) is 38.6 Å². The summed E-state index contributed by atoms with van der Waals surface area (Å²) < 4.78 is 5.54. The van der Waals surface area contributed by atoms with Crippen LogP contribution in [0.15, 0.2) is 22.6 Å². The highest BCUT2D eigenvalue weighted by Gasteiger charge is 2.20. The first-order chi connectivity index (χ1) is 10.1. The average Bonchev–Trinajstić information content (AvgIpc) is 2.72. The fraction of sp³-hybridized carbons (Fsp3) is 0.353. The minimum Gasteiger partial charge on any atom is -0.466 e. The predicted molar refractivity (Wildman–Crippen MR) is 82.7 cm³/mol. The molecule has 0 spiro atoms. The van der Waals surface area contributed by atoms with Gasteiger partial charge >= 0.3 is 0 Å². The molecule has 4 nitrogen and oxygen atoms in total. The zero-order valence-electron chi connectivity index (χ0n) is 12.7. The lowest BCUT2D eigenvalue weighted by molar-refractivity contribution is 0.102. The normalized spacial score (nSPS) is 13.9. The van der Waals surface area contributed by atoms with Crippen LogP contribution in [0.2, 0.25) is 0 Å². The maximum Gasteiger partial charge on any atom is 0.259 e. The van der Waals surface area contributed by atoms with Crippen molar-refractivity contribution in [2.75, 3.05) is 11.9 Å². The van der Waals surface area contributed by atoms with E-state index in [-0.39, 0.29) is 5.91 Å². The van der Waals surface area contributed by atoms with Gasteiger partial charge in [0, 0.05) is 17.8 Å². The van der Waals surface area contributed by atoms with E-state index in [1.54, 1.807) is 0 Å². The van der Waals surface area contributed by atoms with E-state index in [9.17, 15) is 4.79 Å². The second kappa shape index (κ2) is 5.37. The number of anilines is 1. The minimum atomic E-state index is -0.0965. The molecule has 2 N–H and O–H groups in total. The van der Waals surface area contributed by atoms with Crippen molar-refractivity contribution in [1.82, 2.24) is 5.32 Å². The smallest absolute Gasteiger partial charge is 0.259 e. The molecular formula is C17H20N2O2. The maximum atomic E-state index is 12.6. The highest BCUT2D eigenvalue weighted by molar-refractivity contribution is 6.06. The van der Waals surface area contributed by atoms with Crippen LogP contribution in [0.3, 0.4) is 0 Å². The van der Waals surface area contributed by atoms with Crippen LogP contribution in [-0.2, 0) is 13.0 Å². The number of nitrogens with one attached hydrogen (secondary N) is 2. The Kier molecular flexibility index (Phi) is 3.55.